The molecule has 1 unspecified atom stereocenters. The van der Waals surface area contributed by atoms with Crippen molar-refractivity contribution in [2.75, 3.05) is 19.0 Å². The van der Waals surface area contributed by atoms with Gasteiger partial charge in [0.2, 0.25) is 5.88 Å². The molecule has 1 aromatic heterocycles. The third kappa shape index (κ3) is 6.90. The molecule has 1 rings (SSSR count). The highest BCUT2D eigenvalue weighted by molar-refractivity contribution is 8.89. The molecule has 0 saturated heterocycles. The van der Waals surface area contributed by atoms with Gasteiger partial charge in [0.1, 0.15) is 5.82 Å². The second kappa shape index (κ2) is 10.5. The highest BCUT2D eigenvalue weighted by Crippen LogP contribution is 2.70. The van der Waals surface area contributed by atoms with Gasteiger partial charge < -0.3 is 9.26 Å². The predicted molar refractivity (Wildman–Crippen MR) is 95.9 cm³/mol. The van der Waals surface area contributed by atoms with E-state index < -0.39 is 5.77 Å². The van der Waals surface area contributed by atoms with Crippen molar-refractivity contribution in [1.82, 2.24) is 9.97 Å². The van der Waals surface area contributed by atoms with E-state index in [1.54, 1.807) is 0 Å². The zero-order chi connectivity index (χ0) is 16.4. The van der Waals surface area contributed by atoms with Gasteiger partial charge in [0.15, 0.2) is 0 Å². The maximum Gasteiger partial charge on any atom is 0.313 e. The van der Waals surface area contributed by atoms with Gasteiger partial charge in [-0.15, -0.1) is 0 Å². The van der Waals surface area contributed by atoms with Gasteiger partial charge in [-0.25, -0.2) is 4.98 Å². The van der Waals surface area contributed by atoms with E-state index in [1.165, 1.54) is 22.8 Å². The lowest BCUT2D eigenvalue weighted by molar-refractivity contribution is 0.324. The van der Waals surface area contributed by atoms with E-state index in [0.29, 0.717) is 24.8 Å². The fraction of sp³-hybridized carbons (Fsp3) is 0.714. The number of ether oxygens (including phenoxy) is 1. The Morgan fingerprint density at radius 1 is 1.14 bits per heavy atom. The number of hydrogen-bond donors (Lipinski definition) is 0. The van der Waals surface area contributed by atoms with Crippen molar-refractivity contribution in [2.45, 2.75) is 46.3 Å². The summed E-state index contributed by atoms with van der Waals surface area (Å²) in [5.41, 5.74) is 0.831. The molecule has 0 aliphatic heterocycles. The summed E-state index contributed by atoms with van der Waals surface area (Å²) in [6.45, 7) is 8.88. The van der Waals surface area contributed by atoms with Crippen LogP contribution in [0.15, 0.2) is 6.07 Å². The number of hydrogen-bond acceptors (Lipinski definition) is 7. The SMILES string of the molecule is CCCSP(=O)(OCC)SCc1cc(OCC)nc(CC)n1. The van der Waals surface area contributed by atoms with Crippen molar-refractivity contribution in [3.05, 3.63) is 17.6 Å². The monoisotopic (exact) mass is 364 g/mol. The molecule has 0 spiro atoms. The lowest BCUT2D eigenvalue weighted by atomic mass is 10.4. The van der Waals surface area contributed by atoms with Crippen LogP contribution in [0.1, 0.15) is 45.6 Å². The summed E-state index contributed by atoms with van der Waals surface area (Å²) in [5.74, 6) is -0.0348. The van der Waals surface area contributed by atoms with E-state index in [1.807, 2.05) is 26.8 Å². The molecule has 0 N–H and O–H groups in total. The van der Waals surface area contributed by atoms with Crippen LogP contribution in [0.25, 0.3) is 0 Å². The first kappa shape index (κ1) is 19.8. The standard InChI is InChI=1S/C14H25N2O3PS2/c1-5-9-21-20(17,19-8-4)22-11-12-10-14(18-7-3)16-13(6-2)15-12/h10H,5-9,11H2,1-4H3. The summed E-state index contributed by atoms with van der Waals surface area (Å²) in [6.07, 6.45) is 1.72. The van der Waals surface area contributed by atoms with Crippen LogP contribution in [0.2, 0.25) is 0 Å². The highest BCUT2D eigenvalue weighted by Gasteiger charge is 2.24. The van der Waals surface area contributed by atoms with Gasteiger partial charge in [-0.05, 0) is 20.3 Å². The van der Waals surface area contributed by atoms with Gasteiger partial charge in [-0.2, -0.15) is 4.98 Å². The van der Waals surface area contributed by atoms with Gasteiger partial charge >= 0.3 is 5.77 Å². The predicted octanol–water partition coefficient (Wildman–Crippen LogP) is 4.96. The van der Waals surface area contributed by atoms with Crippen LogP contribution in [0.5, 0.6) is 5.88 Å². The molecule has 1 atom stereocenters. The Morgan fingerprint density at radius 3 is 2.50 bits per heavy atom. The van der Waals surface area contributed by atoms with E-state index in [0.717, 1.165) is 30.1 Å². The summed E-state index contributed by atoms with van der Waals surface area (Å²) in [6, 6.07) is 1.82. The van der Waals surface area contributed by atoms with E-state index in [2.05, 4.69) is 16.9 Å². The summed E-state index contributed by atoms with van der Waals surface area (Å²) < 4.78 is 23.7. The maximum absolute atomic E-state index is 12.7. The van der Waals surface area contributed by atoms with Crippen LogP contribution in [0.4, 0.5) is 0 Å². The number of aromatic nitrogens is 2. The quantitative estimate of drug-likeness (QED) is 0.514. The first-order valence-electron chi connectivity index (χ1n) is 7.60. The van der Waals surface area contributed by atoms with Gasteiger partial charge in [0.25, 0.3) is 0 Å². The molecule has 0 bridgehead atoms. The van der Waals surface area contributed by atoms with E-state index in [-0.39, 0.29) is 0 Å². The lowest BCUT2D eigenvalue weighted by Gasteiger charge is -2.16. The molecule has 8 heteroatoms. The summed E-state index contributed by atoms with van der Waals surface area (Å²) in [7, 11) is 0. The number of aryl methyl sites for hydroxylation is 1. The molecule has 0 radical (unpaired) electrons. The molecule has 0 amide bonds. The normalized spacial score (nSPS) is 13.8. The molecular weight excluding hydrogens is 339 g/mol. The van der Waals surface area contributed by atoms with Crippen molar-refractivity contribution in [3.63, 3.8) is 0 Å². The van der Waals surface area contributed by atoms with E-state index in [9.17, 15) is 4.57 Å². The summed E-state index contributed by atoms with van der Waals surface area (Å²) >= 11 is 2.75. The average Bonchev–Trinajstić information content (AvgIpc) is 2.51. The molecule has 0 aliphatic rings. The molecule has 0 aromatic carbocycles. The third-order valence-corrected chi connectivity index (χ3v) is 10.1. The Balaban J connectivity index is 2.79. The van der Waals surface area contributed by atoms with Gasteiger partial charge in [-0.3, -0.25) is 4.57 Å². The Hall–Kier alpha value is -0.230. The summed E-state index contributed by atoms with van der Waals surface area (Å²) in [5, 5.41) is 0. The maximum atomic E-state index is 12.7. The molecule has 0 fully saturated rings. The van der Waals surface area contributed by atoms with Crippen LogP contribution in [0.3, 0.4) is 0 Å². The van der Waals surface area contributed by atoms with Crippen molar-refractivity contribution in [3.8, 4) is 5.88 Å². The second-order valence-corrected chi connectivity index (χ2v) is 11.9. The minimum atomic E-state index is -2.72. The molecule has 126 valence electrons. The molecular formula is C14H25N2O3PS2. The minimum absolute atomic E-state index is 0.454. The topological polar surface area (TPSA) is 61.3 Å². The van der Waals surface area contributed by atoms with E-state index in [4.69, 9.17) is 9.26 Å². The van der Waals surface area contributed by atoms with Crippen molar-refractivity contribution in [1.29, 1.82) is 0 Å². The Morgan fingerprint density at radius 2 is 1.91 bits per heavy atom. The Kier molecular flexibility index (Phi) is 9.48. The summed E-state index contributed by atoms with van der Waals surface area (Å²) in [4.78, 5) is 8.80. The Labute approximate surface area is 141 Å². The average molecular weight is 364 g/mol. The lowest BCUT2D eigenvalue weighted by Crippen LogP contribution is -2.02. The Bertz CT molecular complexity index is 503. The molecule has 0 aliphatic carbocycles. The highest BCUT2D eigenvalue weighted by atomic mass is 33.1. The van der Waals surface area contributed by atoms with E-state index >= 15 is 0 Å². The zero-order valence-electron chi connectivity index (χ0n) is 13.7. The third-order valence-electron chi connectivity index (χ3n) is 2.52. The largest absolute Gasteiger partial charge is 0.478 e. The van der Waals surface area contributed by atoms with Gasteiger partial charge in [0, 0.05) is 24.0 Å². The minimum Gasteiger partial charge on any atom is -0.478 e. The fourth-order valence-corrected chi connectivity index (χ4v) is 8.19. The van der Waals surface area contributed by atoms with Crippen LogP contribution in [-0.4, -0.2) is 28.9 Å². The number of nitrogens with zero attached hydrogens (tertiary/aromatic N) is 2. The first-order valence-corrected chi connectivity index (χ1v) is 12.4. The van der Waals surface area contributed by atoms with Crippen molar-refractivity contribution >= 4 is 28.5 Å². The van der Waals surface area contributed by atoms with Gasteiger partial charge in [-0.1, -0.05) is 36.6 Å². The van der Waals surface area contributed by atoms with Crippen LogP contribution in [0, 0.1) is 0 Å². The second-order valence-electron chi connectivity index (χ2n) is 4.37. The molecule has 1 aromatic rings. The van der Waals surface area contributed by atoms with Gasteiger partial charge in [0.05, 0.1) is 18.9 Å². The zero-order valence-corrected chi connectivity index (χ0v) is 16.2. The molecule has 1 heterocycles. The van der Waals surface area contributed by atoms with Crippen molar-refractivity contribution in [2.24, 2.45) is 0 Å². The van der Waals surface area contributed by atoms with Crippen LogP contribution < -0.4 is 4.74 Å². The van der Waals surface area contributed by atoms with Crippen LogP contribution >= 0.6 is 28.5 Å². The van der Waals surface area contributed by atoms with Crippen molar-refractivity contribution < 1.29 is 13.8 Å². The fourth-order valence-electron chi connectivity index (χ4n) is 1.60. The first-order chi connectivity index (χ1) is 10.6. The smallest absolute Gasteiger partial charge is 0.313 e. The molecule has 0 saturated carbocycles. The van der Waals surface area contributed by atoms with Crippen LogP contribution in [-0.2, 0) is 21.3 Å². The molecule has 22 heavy (non-hydrogen) atoms. The number of rotatable bonds is 11. The molecule has 5 nitrogen and oxygen atoms in total.